The van der Waals surface area contributed by atoms with E-state index in [1.54, 1.807) is 63.9 Å². The van der Waals surface area contributed by atoms with E-state index >= 15 is 0 Å². The van der Waals surface area contributed by atoms with Crippen LogP contribution in [-0.2, 0) is 6.42 Å². The number of carbonyl (C=O) groups excluding carboxylic acids is 1. The average molecular weight is 423 g/mol. The number of rotatable bonds is 9. The molecule has 0 bridgehead atoms. The first kappa shape index (κ1) is 21.8. The summed E-state index contributed by atoms with van der Waals surface area (Å²) in [4.78, 5) is 16.8. The van der Waals surface area contributed by atoms with Gasteiger partial charge in [-0.15, -0.1) is 0 Å². The summed E-state index contributed by atoms with van der Waals surface area (Å²) >= 11 is 0. The predicted molar refractivity (Wildman–Crippen MR) is 118 cm³/mol. The van der Waals surface area contributed by atoms with Crippen molar-refractivity contribution in [3.63, 3.8) is 0 Å². The second-order valence-corrected chi connectivity index (χ2v) is 6.64. The summed E-state index contributed by atoms with van der Waals surface area (Å²) in [6.07, 6.45) is 2.23. The molecule has 0 aliphatic rings. The van der Waals surface area contributed by atoms with Gasteiger partial charge in [-0.3, -0.25) is 4.79 Å². The van der Waals surface area contributed by atoms with Crippen molar-refractivity contribution in [2.45, 2.75) is 6.42 Å². The first-order valence-electron chi connectivity index (χ1n) is 9.63. The summed E-state index contributed by atoms with van der Waals surface area (Å²) in [6.45, 7) is 0.474. The Bertz CT molecular complexity index is 1010. The highest BCUT2D eigenvalue weighted by Gasteiger charge is 2.14. The Hall–Kier alpha value is -3.94. The molecule has 3 N–H and O–H groups in total. The fraction of sp³-hybridized carbons (Fsp3) is 0.217. The van der Waals surface area contributed by atoms with Gasteiger partial charge in [0, 0.05) is 36.1 Å². The number of benzene rings is 2. The van der Waals surface area contributed by atoms with Crippen LogP contribution in [0.3, 0.4) is 0 Å². The molecule has 3 aromatic rings. The number of carbonyl (C=O) groups is 1. The molecular formula is C23H25N3O5. The third-order valence-electron chi connectivity index (χ3n) is 4.59. The highest BCUT2D eigenvalue weighted by atomic mass is 16.5. The van der Waals surface area contributed by atoms with Crippen LogP contribution in [0.15, 0.2) is 54.7 Å². The number of aromatic hydroxyl groups is 1. The van der Waals surface area contributed by atoms with Crippen LogP contribution in [0.1, 0.15) is 15.9 Å². The van der Waals surface area contributed by atoms with Crippen molar-refractivity contribution in [2.24, 2.45) is 0 Å². The Kier molecular flexibility index (Phi) is 7.16. The number of methoxy groups -OCH3 is 3. The normalized spacial score (nSPS) is 10.3. The molecule has 0 atom stereocenters. The third-order valence-corrected chi connectivity index (χ3v) is 4.59. The molecule has 0 fully saturated rings. The zero-order valence-corrected chi connectivity index (χ0v) is 17.6. The van der Waals surface area contributed by atoms with E-state index in [-0.39, 0.29) is 11.7 Å². The van der Waals surface area contributed by atoms with Gasteiger partial charge in [0.1, 0.15) is 11.6 Å². The van der Waals surface area contributed by atoms with Crippen LogP contribution in [-0.4, -0.2) is 43.9 Å². The third kappa shape index (κ3) is 5.57. The minimum Gasteiger partial charge on any atom is -0.508 e. The van der Waals surface area contributed by atoms with E-state index in [4.69, 9.17) is 14.2 Å². The number of amides is 1. The van der Waals surface area contributed by atoms with Crippen LogP contribution in [0.2, 0.25) is 0 Å². The highest BCUT2D eigenvalue weighted by molar-refractivity contribution is 5.94. The second kappa shape index (κ2) is 10.2. The minimum absolute atomic E-state index is 0.200. The SMILES string of the molecule is COc1cc(Nc2cc(C(=O)NCCc3ccc(O)cc3)ccn2)cc(OC)c1OC. The lowest BCUT2D eigenvalue weighted by Gasteiger charge is -2.15. The van der Waals surface area contributed by atoms with Crippen molar-refractivity contribution < 1.29 is 24.1 Å². The summed E-state index contributed by atoms with van der Waals surface area (Å²) in [5.41, 5.74) is 2.18. The molecule has 1 aromatic heterocycles. The van der Waals surface area contributed by atoms with Gasteiger partial charge in [0.2, 0.25) is 5.75 Å². The maximum atomic E-state index is 12.5. The van der Waals surface area contributed by atoms with Crippen LogP contribution in [0.25, 0.3) is 0 Å². The van der Waals surface area contributed by atoms with E-state index in [0.717, 1.165) is 5.56 Å². The van der Waals surface area contributed by atoms with Crippen molar-refractivity contribution >= 4 is 17.4 Å². The van der Waals surface area contributed by atoms with Crippen molar-refractivity contribution in [2.75, 3.05) is 33.2 Å². The quantitative estimate of drug-likeness (QED) is 0.484. The number of nitrogens with zero attached hydrogens (tertiary/aromatic N) is 1. The van der Waals surface area contributed by atoms with Crippen molar-refractivity contribution in [3.8, 4) is 23.0 Å². The maximum Gasteiger partial charge on any atom is 0.251 e. The molecule has 0 unspecified atom stereocenters. The lowest BCUT2D eigenvalue weighted by atomic mass is 10.1. The number of phenolic OH excluding ortho intramolecular Hbond substituents is 1. The van der Waals surface area contributed by atoms with Gasteiger partial charge in [0.15, 0.2) is 11.5 Å². The Balaban J connectivity index is 1.67. The lowest BCUT2D eigenvalue weighted by Crippen LogP contribution is -2.25. The maximum absolute atomic E-state index is 12.5. The Morgan fingerprint density at radius 3 is 2.26 bits per heavy atom. The zero-order chi connectivity index (χ0) is 22.2. The van der Waals surface area contributed by atoms with E-state index in [0.29, 0.717) is 47.3 Å². The van der Waals surface area contributed by atoms with Gasteiger partial charge < -0.3 is 30.0 Å². The van der Waals surface area contributed by atoms with Crippen LogP contribution in [0, 0.1) is 0 Å². The number of aromatic nitrogens is 1. The molecular weight excluding hydrogens is 398 g/mol. The lowest BCUT2D eigenvalue weighted by molar-refractivity contribution is 0.0954. The van der Waals surface area contributed by atoms with Gasteiger partial charge in [0.05, 0.1) is 21.3 Å². The van der Waals surface area contributed by atoms with E-state index in [2.05, 4.69) is 15.6 Å². The number of hydrogen-bond donors (Lipinski definition) is 3. The number of ether oxygens (including phenoxy) is 3. The van der Waals surface area contributed by atoms with Gasteiger partial charge in [-0.1, -0.05) is 12.1 Å². The molecule has 2 aromatic carbocycles. The number of phenols is 1. The van der Waals surface area contributed by atoms with E-state index in [1.165, 1.54) is 0 Å². The average Bonchev–Trinajstić information content (AvgIpc) is 2.79. The molecule has 8 heteroatoms. The monoisotopic (exact) mass is 423 g/mol. The number of nitrogens with one attached hydrogen (secondary N) is 2. The summed E-state index contributed by atoms with van der Waals surface area (Å²) in [7, 11) is 4.63. The standard InChI is InChI=1S/C23H25N3O5/c1-29-19-13-17(14-20(30-2)22(19)31-3)26-21-12-16(9-11-24-21)23(28)25-10-8-15-4-6-18(27)7-5-15/h4-7,9,11-14,27H,8,10H2,1-3H3,(H,24,26)(H,25,28). The van der Waals surface area contributed by atoms with Crippen LogP contribution in [0.4, 0.5) is 11.5 Å². The minimum atomic E-state index is -0.200. The molecule has 0 saturated heterocycles. The van der Waals surface area contributed by atoms with E-state index < -0.39 is 0 Å². The van der Waals surface area contributed by atoms with E-state index in [9.17, 15) is 9.90 Å². The molecule has 31 heavy (non-hydrogen) atoms. The summed E-state index contributed by atoms with van der Waals surface area (Å²) in [5.74, 6) is 2.02. The molecule has 8 nitrogen and oxygen atoms in total. The first-order chi connectivity index (χ1) is 15.0. The van der Waals surface area contributed by atoms with Crippen molar-refractivity contribution in [3.05, 3.63) is 65.9 Å². The molecule has 0 aliphatic heterocycles. The summed E-state index contributed by atoms with van der Waals surface area (Å²) in [5, 5.41) is 15.4. The Morgan fingerprint density at radius 2 is 1.65 bits per heavy atom. The van der Waals surface area contributed by atoms with Gasteiger partial charge >= 0.3 is 0 Å². The smallest absolute Gasteiger partial charge is 0.251 e. The van der Waals surface area contributed by atoms with Gasteiger partial charge in [-0.2, -0.15) is 0 Å². The van der Waals surface area contributed by atoms with Crippen molar-refractivity contribution in [1.82, 2.24) is 10.3 Å². The molecule has 1 amide bonds. The summed E-state index contributed by atoms with van der Waals surface area (Å²) in [6, 6.07) is 13.7. The van der Waals surface area contributed by atoms with E-state index in [1.807, 2.05) is 12.1 Å². The molecule has 162 valence electrons. The predicted octanol–water partition coefficient (Wildman–Crippen LogP) is 3.53. The van der Waals surface area contributed by atoms with Gasteiger partial charge in [-0.05, 0) is 36.2 Å². The Labute approximate surface area is 180 Å². The zero-order valence-electron chi connectivity index (χ0n) is 17.6. The number of anilines is 2. The second-order valence-electron chi connectivity index (χ2n) is 6.64. The largest absolute Gasteiger partial charge is 0.508 e. The number of hydrogen-bond acceptors (Lipinski definition) is 7. The van der Waals surface area contributed by atoms with Crippen LogP contribution >= 0.6 is 0 Å². The number of pyridine rings is 1. The topological polar surface area (TPSA) is 102 Å². The molecule has 3 rings (SSSR count). The van der Waals surface area contributed by atoms with Crippen LogP contribution < -0.4 is 24.8 Å². The first-order valence-corrected chi connectivity index (χ1v) is 9.63. The molecule has 0 radical (unpaired) electrons. The van der Waals surface area contributed by atoms with Gasteiger partial charge in [0.25, 0.3) is 5.91 Å². The molecule has 0 saturated carbocycles. The molecule has 0 spiro atoms. The fourth-order valence-corrected chi connectivity index (χ4v) is 3.03. The van der Waals surface area contributed by atoms with Crippen molar-refractivity contribution in [1.29, 1.82) is 0 Å². The Morgan fingerprint density at radius 1 is 0.968 bits per heavy atom. The van der Waals surface area contributed by atoms with Gasteiger partial charge in [-0.25, -0.2) is 4.98 Å². The highest BCUT2D eigenvalue weighted by Crippen LogP contribution is 2.40. The summed E-state index contributed by atoms with van der Waals surface area (Å²) < 4.78 is 16.1. The van der Waals surface area contributed by atoms with Crippen LogP contribution in [0.5, 0.6) is 23.0 Å². The molecule has 1 heterocycles. The fourth-order valence-electron chi connectivity index (χ4n) is 3.03. The molecule has 0 aliphatic carbocycles.